The van der Waals surface area contributed by atoms with E-state index in [9.17, 15) is 23.1 Å². The number of rotatable bonds is 4. The van der Waals surface area contributed by atoms with Crippen molar-refractivity contribution >= 4 is 17.2 Å². The van der Waals surface area contributed by atoms with Gasteiger partial charge in [-0.15, -0.1) is 11.3 Å². The van der Waals surface area contributed by atoms with E-state index >= 15 is 0 Å². The molecule has 5 nitrogen and oxygen atoms in total. The van der Waals surface area contributed by atoms with E-state index in [-0.39, 0.29) is 23.3 Å². The average molecular weight is 443 g/mol. The normalized spacial score (nSPS) is 17.0. The molecule has 0 spiro atoms. The number of nitrogens with zero attached hydrogens (tertiary/aromatic N) is 2. The Morgan fingerprint density at radius 2 is 1.97 bits per heavy atom. The number of hydrogen-bond acceptors (Lipinski definition) is 4. The predicted octanol–water partition coefficient (Wildman–Crippen LogP) is 4.53. The van der Waals surface area contributed by atoms with Gasteiger partial charge < -0.3 is 14.4 Å². The van der Waals surface area contributed by atoms with Crippen LogP contribution in [0.25, 0.3) is 0 Å². The van der Waals surface area contributed by atoms with Crippen LogP contribution in [0.5, 0.6) is 5.75 Å². The Morgan fingerprint density at radius 1 is 1.30 bits per heavy atom. The molecule has 0 unspecified atom stereocenters. The molecule has 3 rings (SSSR count). The molecule has 1 saturated carbocycles. The number of methoxy groups -OCH3 is 1. The summed E-state index contributed by atoms with van der Waals surface area (Å²) in [5, 5.41) is 10.6. The monoisotopic (exact) mass is 442 g/mol. The molecule has 0 bridgehead atoms. The van der Waals surface area contributed by atoms with Crippen molar-refractivity contribution < 1.29 is 27.8 Å². The second kappa shape index (κ2) is 7.85. The fourth-order valence-electron chi connectivity index (χ4n) is 3.19. The fraction of sp³-hybridized carbons (Fsp3) is 0.524. The SMILES string of the molecule is COc1ccc(C(F)(F)F)cc1C(=O)/N=c1\sc(C(C)(C)C)cn1CC1(O)CCC1. The van der Waals surface area contributed by atoms with Crippen molar-refractivity contribution in [2.24, 2.45) is 4.99 Å². The maximum Gasteiger partial charge on any atom is 0.416 e. The van der Waals surface area contributed by atoms with Crippen molar-refractivity contribution in [1.29, 1.82) is 0 Å². The number of ether oxygens (including phenoxy) is 1. The number of benzene rings is 1. The summed E-state index contributed by atoms with van der Waals surface area (Å²) >= 11 is 1.29. The molecule has 1 amide bonds. The summed E-state index contributed by atoms with van der Waals surface area (Å²) < 4.78 is 46.1. The number of carbonyl (C=O) groups is 1. The second-order valence-electron chi connectivity index (χ2n) is 8.66. The Bertz CT molecular complexity index is 1010. The summed E-state index contributed by atoms with van der Waals surface area (Å²) in [6.45, 7) is 6.33. The van der Waals surface area contributed by atoms with E-state index in [1.165, 1.54) is 18.4 Å². The van der Waals surface area contributed by atoms with Crippen molar-refractivity contribution in [3.63, 3.8) is 0 Å². The quantitative estimate of drug-likeness (QED) is 0.757. The topological polar surface area (TPSA) is 63.8 Å². The molecule has 2 aromatic rings. The van der Waals surface area contributed by atoms with E-state index in [1.807, 2.05) is 27.0 Å². The Balaban J connectivity index is 2.07. The molecule has 1 aliphatic carbocycles. The minimum atomic E-state index is -4.59. The van der Waals surface area contributed by atoms with Gasteiger partial charge in [0.2, 0.25) is 0 Å². The Labute approximate surface area is 176 Å². The minimum absolute atomic E-state index is 0.0218. The van der Waals surface area contributed by atoms with Gasteiger partial charge >= 0.3 is 6.18 Å². The van der Waals surface area contributed by atoms with Crippen LogP contribution in [-0.4, -0.2) is 28.3 Å². The van der Waals surface area contributed by atoms with E-state index in [2.05, 4.69) is 4.99 Å². The number of halogens is 3. The lowest BCUT2D eigenvalue weighted by molar-refractivity contribution is -0.137. The first-order valence-electron chi connectivity index (χ1n) is 9.60. The molecule has 0 radical (unpaired) electrons. The van der Waals surface area contributed by atoms with Crippen LogP contribution >= 0.6 is 11.3 Å². The Morgan fingerprint density at radius 3 is 2.47 bits per heavy atom. The number of aliphatic hydroxyl groups is 1. The molecular formula is C21H25F3N2O3S. The number of amides is 1. The van der Waals surface area contributed by atoms with Crippen molar-refractivity contribution in [2.45, 2.75) is 63.8 Å². The van der Waals surface area contributed by atoms with E-state index in [0.29, 0.717) is 17.6 Å². The van der Waals surface area contributed by atoms with Gasteiger partial charge in [0.05, 0.1) is 30.4 Å². The molecule has 0 atom stereocenters. The highest BCUT2D eigenvalue weighted by Gasteiger charge is 2.36. The summed E-state index contributed by atoms with van der Waals surface area (Å²) in [6.07, 6.45) is -0.473. The highest BCUT2D eigenvalue weighted by molar-refractivity contribution is 7.09. The van der Waals surface area contributed by atoms with Gasteiger partial charge in [-0.1, -0.05) is 20.8 Å². The molecule has 30 heavy (non-hydrogen) atoms. The molecule has 1 aromatic carbocycles. The molecular weight excluding hydrogens is 417 g/mol. The zero-order chi connectivity index (χ0) is 22.3. The summed E-state index contributed by atoms with van der Waals surface area (Å²) in [6, 6.07) is 2.74. The highest BCUT2D eigenvalue weighted by Crippen LogP contribution is 2.34. The molecule has 1 aliphatic rings. The first-order chi connectivity index (χ1) is 13.8. The largest absolute Gasteiger partial charge is 0.496 e. The zero-order valence-electron chi connectivity index (χ0n) is 17.3. The van der Waals surface area contributed by atoms with Gasteiger partial charge in [-0.3, -0.25) is 4.79 Å². The molecule has 1 N–H and O–H groups in total. The molecule has 9 heteroatoms. The fourth-order valence-corrected chi connectivity index (χ4v) is 4.23. The smallest absolute Gasteiger partial charge is 0.416 e. The van der Waals surface area contributed by atoms with Crippen LogP contribution in [0.4, 0.5) is 13.2 Å². The number of hydrogen-bond donors (Lipinski definition) is 1. The van der Waals surface area contributed by atoms with Crippen LogP contribution in [0.2, 0.25) is 0 Å². The van der Waals surface area contributed by atoms with Crippen molar-refractivity contribution in [1.82, 2.24) is 4.57 Å². The second-order valence-corrected chi connectivity index (χ2v) is 9.67. The van der Waals surface area contributed by atoms with Crippen molar-refractivity contribution in [3.8, 4) is 5.75 Å². The van der Waals surface area contributed by atoms with Crippen LogP contribution in [0, 0.1) is 0 Å². The standard InChI is InChI=1S/C21H25F3N2O3S/c1-19(2,3)16-11-26(12-20(28)8-5-9-20)18(30-16)25-17(27)14-10-13(21(22,23)24)6-7-15(14)29-4/h6-7,10-11,28H,5,8-9,12H2,1-4H3/b25-18-. The maximum atomic E-state index is 13.1. The van der Waals surface area contributed by atoms with Gasteiger partial charge in [-0.05, 0) is 42.9 Å². The van der Waals surface area contributed by atoms with Crippen LogP contribution < -0.4 is 9.54 Å². The molecule has 164 valence electrons. The first-order valence-corrected chi connectivity index (χ1v) is 10.4. The molecule has 0 saturated heterocycles. The van der Waals surface area contributed by atoms with Gasteiger partial charge in [0.1, 0.15) is 5.75 Å². The van der Waals surface area contributed by atoms with E-state index in [4.69, 9.17) is 4.74 Å². The van der Waals surface area contributed by atoms with Gasteiger partial charge in [0.15, 0.2) is 4.80 Å². The molecule has 1 aromatic heterocycles. The summed E-state index contributed by atoms with van der Waals surface area (Å²) in [5.74, 6) is -0.803. The van der Waals surface area contributed by atoms with Crippen molar-refractivity contribution in [3.05, 3.63) is 45.2 Å². The van der Waals surface area contributed by atoms with E-state index in [0.717, 1.165) is 29.5 Å². The number of aromatic nitrogens is 1. The summed E-state index contributed by atoms with van der Waals surface area (Å²) in [5.41, 5.74) is -2.26. The predicted molar refractivity (Wildman–Crippen MR) is 108 cm³/mol. The number of alkyl halides is 3. The Hall–Kier alpha value is -2.13. The average Bonchev–Trinajstić information content (AvgIpc) is 3.01. The van der Waals surface area contributed by atoms with E-state index in [1.54, 1.807) is 4.57 Å². The van der Waals surface area contributed by atoms with Crippen LogP contribution in [0.15, 0.2) is 29.4 Å². The lowest BCUT2D eigenvalue weighted by atomic mass is 9.80. The summed E-state index contributed by atoms with van der Waals surface area (Å²) in [7, 11) is 1.29. The molecule has 1 heterocycles. The highest BCUT2D eigenvalue weighted by atomic mass is 32.1. The lowest BCUT2D eigenvalue weighted by Crippen LogP contribution is -2.42. The van der Waals surface area contributed by atoms with Crippen LogP contribution in [0.1, 0.15) is 60.8 Å². The number of thiazole rings is 1. The van der Waals surface area contributed by atoms with Gasteiger partial charge in [-0.2, -0.15) is 18.2 Å². The third kappa shape index (κ3) is 4.78. The summed E-state index contributed by atoms with van der Waals surface area (Å²) in [4.78, 5) is 18.3. The van der Waals surface area contributed by atoms with Gasteiger partial charge in [0.25, 0.3) is 5.91 Å². The third-order valence-corrected chi connectivity index (χ3v) is 6.61. The van der Waals surface area contributed by atoms with Crippen molar-refractivity contribution in [2.75, 3.05) is 7.11 Å². The lowest BCUT2D eigenvalue weighted by Gasteiger charge is -2.36. The molecule has 1 fully saturated rings. The Kier molecular flexibility index (Phi) is 5.90. The van der Waals surface area contributed by atoms with Gasteiger partial charge in [0, 0.05) is 11.1 Å². The third-order valence-electron chi connectivity index (χ3n) is 5.16. The minimum Gasteiger partial charge on any atom is -0.496 e. The van der Waals surface area contributed by atoms with Crippen LogP contribution in [0.3, 0.4) is 0 Å². The zero-order valence-corrected chi connectivity index (χ0v) is 18.2. The van der Waals surface area contributed by atoms with Crippen LogP contribution in [-0.2, 0) is 18.1 Å². The van der Waals surface area contributed by atoms with E-state index < -0.39 is 23.2 Å². The first kappa shape index (κ1) is 22.6. The molecule has 0 aliphatic heterocycles. The van der Waals surface area contributed by atoms with Gasteiger partial charge in [-0.25, -0.2) is 0 Å². The maximum absolute atomic E-state index is 13.1. The number of carbonyl (C=O) groups excluding carboxylic acids is 1.